The normalized spacial score (nSPS) is 19.8. The van der Waals surface area contributed by atoms with Crippen molar-refractivity contribution in [2.75, 3.05) is 0 Å². The van der Waals surface area contributed by atoms with Crippen molar-refractivity contribution in [2.45, 2.75) is 38.6 Å². The monoisotopic (exact) mass is 261 g/mol. The summed E-state index contributed by atoms with van der Waals surface area (Å²) >= 11 is 0. The van der Waals surface area contributed by atoms with E-state index in [0.29, 0.717) is 6.42 Å². The number of hydrogen-bond acceptors (Lipinski definition) is 2. The molecule has 2 rings (SSSR count). The second-order valence-electron chi connectivity index (χ2n) is 5.17. The Morgan fingerprint density at radius 3 is 2.68 bits per heavy atom. The lowest BCUT2D eigenvalue weighted by Crippen LogP contribution is -2.48. The first kappa shape index (κ1) is 13.6. The van der Waals surface area contributed by atoms with Crippen LogP contribution in [0, 0.1) is 5.92 Å². The Kier molecular flexibility index (Phi) is 3.88. The minimum absolute atomic E-state index is 0.0724. The molecule has 0 saturated carbocycles. The van der Waals surface area contributed by atoms with Gasteiger partial charge in [-0.25, -0.2) is 4.79 Å². The molecule has 0 aliphatic heterocycles. The van der Waals surface area contributed by atoms with Crippen LogP contribution in [-0.2, 0) is 16.0 Å². The summed E-state index contributed by atoms with van der Waals surface area (Å²) in [4.78, 5) is 23.3. The third kappa shape index (κ3) is 2.62. The molecule has 4 heteroatoms. The van der Waals surface area contributed by atoms with Gasteiger partial charge in [-0.2, -0.15) is 0 Å². The molecule has 4 nitrogen and oxygen atoms in total. The zero-order chi connectivity index (χ0) is 14.0. The molecule has 1 aliphatic carbocycles. The Balaban J connectivity index is 2.04. The van der Waals surface area contributed by atoms with E-state index < -0.39 is 12.0 Å². The maximum absolute atomic E-state index is 12.1. The predicted octanol–water partition coefficient (Wildman–Crippen LogP) is 1.94. The molecular formula is C15H19NO3. The van der Waals surface area contributed by atoms with Gasteiger partial charge in [0.25, 0.3) is 0 Å². The maximum Gasteiger partial charge on any atom is 0.326 e. The zero-order valence-electron chi connectivity index (χ0n) is 11.2. The highest BCUT2D eigenvalue weighted by molar-refractivity contribution is 5.90. The zero-order valence-corrected chi connectivity index (χ0v) is 11.2. The van der Waals surface area contributed by atoms with E-state index in [4.69, 9.17) is 0 Å². The molecule has 1 aliphatic rings. The Hall–Kier alpha value is -1.84. The number of carbonyl (C=O) groups is 2. The number of amides is 1. The molecule has 0 fully saturated rings. The number of fused-ring (bicyclic) bond motifs is 1. The molecular weight excluding hydrogens is 242 g/mol. The molecule has 1 aromatic rings. The first-order valence-corrected chi connectivity index (χ1v) is 6.65. The van der Waals surface area contributed by atoms with Crippen molar-refractivity contribution in [3.63, 3.8) is 0 Å². The summed E-state index contributed by atoms with van der Waals surface area (Å²) in [6, 6.07) is 6.99. The first-order chi connectivity index (χ1) is 9.04. The van der Waals surface area contributed by atoms with Gasteiger partial charge < -0.3 is 10.4 Å². The van der Waals surface area contributed by atoms with Gasteiger partial charge in [-0.05, 0) is 23.5 Å². The number of rotatable bonds is 5. The number of carbonyl (C=O) groups excluding carboxylic acids is 1. The van der Waals surface area contributed by atoms with Crippen LogP contribution in [0.1, 0.15) is 37.3 Å². The lowest BCUT2D eigenvalue weighted by atomic mass is 9.77. The first-order valence-electron chi connectivity index (χ1n) is 6.65. The smallest absolute Gasteiger partial charge is 0.326 e. The average Bonchev–Trinajstić information content (AvgIpc) is 2.36. The molecule has 0 radical (unpaired) electrons. The number of aliphatic carboxylic acids is 1. The third-order valence-corrected chi connectivity index (χ3v) is 3.95. The van der Waals surface area contributed by atoms with Crippen molar-refractivity contribution in [3.8, 4) is 0 Å². The van der Waals surface area contributed by atoms with Gasteiger partial charge in [-0.15, -0.1) is 0 Å². The van der Waals surface area contributed by atoms with E-state index in [2.05, 4.69) is 5.32 Å². The molecule has 2 unspecified atom stereocenters. The van der Waals surface area contributed by atoms with Crippen LogP contribution in [0.5, 0.6) is 0 Å². The van der Waals surface area contributed by atoms with Gasteiger partial charge in [-0.1, -0.05) is 44.5 Å². The molecule has 2 N–H and O–H groups in total. The fourth-order valence-corrected chi connectivity index (χ4v) is 2.43. The second-order valence-corrected chi connectivity index (χ2v) is 5.17. The quantitative estimate of drug-likeness (QED) is 0.851. The highest BCUT2D eigenvalue weighted by atomic mass is 16.4. The molecule has 102 valence electrons. The van der Waals surface area contributed by atoms with Crippen molar-refractivity contribution in [2.24, 2.45) is 5.92 Å². The molecule has 1 amide bonds. The largest absolute Gasteiger partial charge is 0.480 e. The van der Waals surface area contributed by atoms with Gasteiger partial charge in [-0.3, -0.25) is 4.79 Å². The Labute approximate surface area is 112 Å². The summed E-state index contributed by atoms with van der Waals surface area (Å²) < 4.78 is 0. The van der Waals surface area contributed by atoms with Crippen molar-refractivity contribution < 1.29 is 14.7 Å². The summed E-state index contributed by atoms with van der Waals surface area (Å²) in [6.07, 6.45) is 1.42. The SMILES string of the molecule is CCC(C)[C@@H](NC(=O)C1Cc2ccccc21)C(=O)O. The number of hydrogen-bond donors (Lipinski definition) is 2. The van der Waals surface area contributed by atoms with E-state index in [-0.39, 0.29) is 17.7 Å². The standard InChI is InChI=1S/C15H19NO3/c1-3-9(2)13(15(18)19)16-14(17)12-8-10-6-4-5-7-11(10)12/h4-7,9,12-13H,3,8H2,1-2H3,(H,16,17)(H,18,19)/t9?,12?,13-/m1/s1. The van der Waals surface area contributed by atoms with Gasteiger partial charge >= 0.3 is 5.97 Å². The molecule has 19 heavy (non-hydrogen) atoms. The highest BCUT2D eigenvalue weighted by Crippen LogP contribution is 2.35. The molecule has 0 heterocycles. The minimum Gasteiger partial charge on any atom is -0.480 e. The number of nitrogens with one attached hydrogen (secondary N) is 1. The summed E-state index contributed by atoms with van der Waals surface area (Å²) in [7, 11) is 0. The van der Waals surface area contributed by atoms with Crippen LogP contribution in [0.15, 0.2) is 24.3 Å². The summed E-state index contributed by atoms with van der Waals surface area (Å²) in [5, 5.41) is 11.8. The van der Waals surface area contributed by atoms with E-state index in [1.807, 2.05) is 38.1 Å². The van der Waals surface area contributed by atoms with E-state index in [1.165, 1.54) is 5.56 Å². The summed E-state index contributed by atoms with van der Waals surface area (Å²) in [6.45, 7) is 3.76. The Morgan fingerprint density at radius 1 is 1.42 bits per heavy atom. The van der Waals surface area contributed by atoms with E-state index in [9.17, 15) is 14.7 Å². The van der Waals surface area contributed by atoms with Crippen molar-refractivity contribution in [1.29, 1.82) is 0 Å². The van der Waals surface area contributed by atoms with E-state index in [1.54, 1.807) is 0 Å². The van der Waals surface area contributed by atoms with Crippen LogP contribution in [0.4, 0.5) is 0 Å². The molecule has 0 bridgehead atoms. The van der Waals surface area contributed by atoms with Crippen LogP contribution in [-0.4, -0.2) is 23.0 Å². The Morgan fingerprint density at radius 2 is 2.11 bits per heavy atom. The predicted molar refractivity (Wildman–Crippen MR) is 71.9 cm³/mol. The van der Waals surface area contributed by atoms with Crippen LogP contribution in [0.2, 0.25) is 0 Å². The number of benzene rings is 1. The lowest BCUT2D eigenvalue weighted by molar-refractivity contribution is -0.143. The van der Waals surface area contributed by atoms with Crippen molar-refractivity contribution in [1.82, 2.24) is 5.32 Å². The van der Waals surface area contributed by atoms with Crippen LogP contribution in [0.25, 0.3) is 0 Å². The minimum atomic E-state index is -0.963. The van der Waals surface area contributed by atoms with Gasteiger partial charge in [0.05, 0.1) is 5.92 Å². The fourth-order valence-electron chi connectivity index (χ4n) is 2.43. The van der Waals surface area contributed by atoms with Gasteiger partial charge in [0.15, 0.2) is 0 Å². The number of carboxylic acids is 1. The van der Waals surface area contributed by atoms with Crippen molar-refractivity contribution in [3.05, 3.63) is 35.4 Å². The highest BCUT2D eigenvalue weighted by Gasteiger charge is 2.35. The van der Waals surface area contributed by atoms with Gasteiger partial charge in [0, 0.05) is 0 Å². The topological polar surface area (TPSA) is 66.4 Å². The second kappa shape index (κ2) is 5.43. The molecule has 3 atom stereocenters. The molecule has 0 spiro atoms. The summed E-state index contributed by atoms with van der Waals surface area (Å²) in [5.41, 5.74) is 2.20. The average molecular weight is 261 g/mol. The molecule has 0 aromatic heterocycles. The molecule has 0 saturated heterocycles. The lowest BCUT2D eigenvalue weighted by Gasteiger charge is -2.31. The number of carboxylic acid groups (broad SMARTS) is 1. The van der Waals surface area contributed by atoms with Crippen LogP contribution >= 0.6 is 0 Å². The molecule has 1 aromatic carbocycles. The Bertz CT molecular complexity index is 498. The summed E-state index contributed by atoms with van der Waals surface area (Å²) in [5.74, 6) is -1.40. The van der Waals surface area contributed by atoms with Crippen LogP contribution in [0.3, 0.4) is 0 Å². The maximum atomic E-state index is 12.1. The van der Waals surface area contributed by atoms with E-state index in [0.717, 1.165) is 12.0 Å². The van der Waals surface area contributed by atoms with Gasteiger partial charge in [0.1, 0.15) is 6.04 Å². The fraction of sp³-hybridized carbons (Fsp3) is 0.467. The third-order valence-electron chi connectivity index (χ3n) is 3.95. The van der Waals surface area contributed by atoms with Crippen molar-refractivity contribution >= 4 is 11.9 Å². The van der Waals surface area contributed by atoms with E-state index >= 15 is 0 Å². The van der Waals surface area contributed by atoms with Crippen LogP contribution < -0.4 is 5.32 Å². The van der Waals surface area contributed by atoms with Gasteiger partial charge in [0.2, 0.25) is 5.91 Å².